The molecule has 0 saturated carbocycles. The first-order chi connectivity index (χ1) is 10.2. The van der Waals surface area contributed by atoms with Gasteiger partial charge in [-0.2, -0.15) is 0 Å². The molecule has 21 heavy (non-hydrogen) atoms. The van der Waals surface area contributed by atoms with E-state index in [0.29, 0.717) is 17.9 Å². The van der Waals surface area contributed by atoms with Gasteiger partial charge in [0.2, 0.25) is 5.91 Å². The summed E-state index contributed by atoms with van der Waals surface area (Å²) < 4.78 is 5.32. The lowest BCUT2D eigenvalue weighted by Gasteiger charge is -2.13. The van der Waals surface area contributed by atoms with Gasteiger partial charge in [-0.15, -0.1) is 0 Å². The molecular formula is C17H22N2O2. The van der Waals surface area contributed by atoms with Crippen molar-refractivity contribution in [2.24, 2.45) is 4.99 Å². The van der Waals surface area contributed by atoms with Crippen molar-refractivity contribution < 1.29 is 9.53 Å². The Labute approximate surface area is 125 Å². The van der Waals surface area contributed by atoms with E-state index in [1.807, 2.05) is 24.4 Å². The second-order valence-corrected chi connectivity index (χ2v) is 5.05. The van der Waals surface area contributed by atoms with E-state index in [1.165, 1.54) is 0 Å². The number of nitrogens with one attached hydrogen (secondary N) is 1. The van der Waals surface area contributed by atoms with Crippen molar-refractivity contribution in [2.45, 2.75) is 39.0 Å². The summed E-state index contributed by atoms with van der Waals surface area (Å²) in [6.45, 7) is 2.07. The SMILES string of the molecule is CCCCC(=O)Nc1cc(C2=CCCC=N2)ccc1OC. The Bertz CT molecular complexity index is 562. The predicted molar refractivity (Wildman–Crippen MR) is 86.9 cm³/mol. The molecule has 2 rings (SSSR count). The number of carbonyl (C=O) groups is 1. The highest BCUT2D eigenvalue weighted by atomic mass is 16.5. The Kier molecular flexibility index (Phi) is 5.55. The number of unbranched alkanes of at least 4 members (excludes halogenated alkanes) is 1. The zero-order chi connectivity index (χ0) is 15.1. The maximum absolute atomic E-state index is 11.9. The van der Waals surface area contributed by atoms with Gasteiger partial charge in [0.1, 0.15) is 5.75 Å². The van der Waals surface area contributed by atoms with Crippen LogP contribution < -0.4 is 10.1 Å². The summed E-state index contributed by atoms with van der Waals surface area (Å²) in [5.41, 5.74) is 2.66. The Morgan fingerprint density at radius 2 is 2.24 bits per heavy atom. The maximum atomic E-state index is 11.9. The number of allylic oxidation sites excluding steroid dienone is 1. The molecule has 1 N–H and O–H groups in total. The zero-order valence-corrected chi connectivity index (χ0v) is 12.7. The van der Waals surface area contributed by atoms with Crippen LogP contribution in [0.2, 0.25) is 0 Å². The fourth-order valence-corrected chi connectivity index (χ4v) is 2.22. The quantitative estimate of drug-likeness (QED) is 0.858. The average molecular weight is 286 g/mol. The first-order valence-electron chi connectivity index (χ1n) is 7.45. The number of carbonyl (C=O) groups excluding carboxylic acids is 1. The molecule has 1 aliphatic heterocycles. The van der Waals surface area contributed by atoms with Crippen LogP contribution >= 0.6 is 0 Å². The number of nitrogens with zero attached hydrogens (tertiary/aromatic N) is 1. The van der Waals surface area contributed by atoms with E-state index in [1.54, 1.807) is 7.11 Å². The Balaban J connectivity index is 2.19. The third kappa shape index (κ3) is 4.18. The summed E-state index contributed by atoms with van der Waals surface area (Å²) in [7, 11) is 1.61. The lowest BCUT2D eigenvalue weighted by atomic mass is 10.1. The standard InChI is InChI=1S/C17H22N2O2/c1-3-4-8-17(20)19-15-12-13(9-10-16(15)21-2)14-7-5-6-11-18-14/h7,9-12H,3-6,8H2,1-2H3,(H,19,20). The third-order valence-electron chi connectivity index (χ3n) is 3.39. The van der Waals surface area contributed by atoms with Gasteiger partial charge in [-0.3, -0.25) is 9.79 Å². The minimum absolute atomic E-state index is 0.0217. The zero-order valence-electron chi connectivity index (χ0n) is 12.7. The van der Waals surface area contributed by atoms with Gasteiger partial charge < -0.3 is 10.1 Å². The van der Waals surface area contributed by atoms with E-state index in [-0.39, 0.29) is 5.91 Å². The smallest absolute Gasteiger partial charge is 0.224 e. The minimum atomic E-state index is 0.0217. The highest BCUT2D eigenvalue weighted by Gasteiger charge is 2.11. The molecule has 0 bridgehead atoms. The average Bonchev–Trinajstić information content (AvgIpc) is 2.53. The van der Waals surface area contributed by atoms with Gasteiger partial charge in [0, 0.05) is 18.2 Å². The van der Waals surface area contributed by atoms with Crippen LogP contribution in [0.5, 0.6) is 5.75 Å². The summed E-state index contributed by atoms with van der Waals surface area (Å²) in [6.07, 6.45) is 8.47. The van der Waals surface area contributed by atoms with Gasteiger partial charge in [-0.25, -0.2) is 0 Å². The Morgan fingerprint density at radius 3 is 2.90 bits per heavy atom. The normalized spacial score (nSPS) is 13.7. The maximum Gasteiger partial charge on any atom is 0.224 e. The molecule has 0 spiro atoms. The van der Waals surface area contributed by atoms with Crippen LogP contribution in [0.4, 0.5) is 5.69 Å². The van der Waals surface area contributed by atoms with Crippen molar-refractivity contribution in [3.63, 3.8) is 0 Å². The molecule has 4 heteroatoms. The molecule has 1 aromatic rings. The van der Waals surface area contributed by atoms with E-state index in [4.69, 9.17) is 4.74 Å². The first kappa shape index (κ1) is 15.3. The van der Waals surface area contributed by atoms with Gasteiger partial charge in [0.05, 0.1) is 18.5 Å². The number of hydrogen-bond acceptors (Lipinski definition) is 3. The number of methoxy groups -OCH3 is 1. The number of ether oxygens (including phenoxy) is 1. The van der Waals surface area contributed by atoms with Crippen LogP contribution in [0, 0.1) is 0 Å². The van der Waals surface area contributed by atoms with Gasteiger partial charge in [-0.05, 0) is 37.5 Å². The van der Waals surface area contributed by atoms with Gasteiger partial charge in [-0.1, -0.05) is 19.4 Å². The monoisotopic (exact) mass is 286 g/mol. The Hall–Kier alpha value is -2.10. The van der Waals surface area contributed by atoms with Crippen LogP contribution in [0.25, 0.3) is 5.70 Å². The molecule has 0 atom stereocenters. The van der Waals surface area contributed by atoms with Crippen molar-refractivity contribution in [3.05, 3.63) is 29.8 Å². The van der Waals surface area contributed by atoms with Crippen molar-refractivity contribution in [1.29, 1.82) is 0 Å². The van der Waals surface area contributed by atoms with Crippen molar-refractivity contribution in [1.82, 2.24) is 0 Å². The van der Waals surface area contributed by atoms with Crippen molar-refractivity contribution >= 4 is 23.5 Å². The van der Waals surface area contributed by atoms with Crippen LogP contribution in [0.15, 0.2) is 29.3 Å². The fourth-order valence-electron chi connectivity index (χ4n) is 2.22. The second-order valence-electron chi connectivity index (χ2n) is 5.05. The number of aliphatic imine (C=N–C) groups is 1. The number of rotatable bonds is 6. The fraction of sp³-hybridized carbons (Fsp3) is 0.412. The molecule has 4 nitrogen and oxygen atoms in total. The number of hydrogen-bond donors (Lipinski definition) is 1. The van der Waals surface area contributed by atoms with Gasteiger partial charge >= 0.3 is 0 Å². The molecule has 0 fully saturated rings. The molecule has 0 aliphatic carbocycles. The Morgan fingerprint density at radius 1 is 1.38 bits per heavy atom. The molecule has 1 aromatic carbocycles. The highest BCUT2D eigenvalue weighted by Crippen LogP contribution is 2.30. The second kappa shape index (κ2) is 7.62. The molecule has 1 aliphatic rings. The van der Waals surface area contributed by atoms with Gasteiger partial charge in [0.25, 0.3) is 0 Å². The summed E-state index contributed by atoms with van der Waals surface area (Å²) in [5.74, 6) is 0.692. The minimum Gasteiger partial charge on any atom is -0.495 e. The largest absolute Gasteiger partial charge is 0.495 e. The number of anilines is 1. The molecule has 0 saturated heterocycles. The number of amides is 1. The lowest BCUT2D eigenvalue weighted by molar-refractivity contribution is -0.116. The molecule has 1 heterocycles. The molecule has 0 radical (unpaired) electrons. The van der Waals surface area contributed by atoms with E-state index in [9.17, 15) is 4.79 Å². The summed E-state index contributed by atoms with van der Waals surface area (Å²) >= 11 is 0. The van der Waals surface area contributed by atoms with Crippen LogP contribution in [-0.4, -0.2) is 19.2 Å². The summed E-state index contributed by atoms with van der Waals surface area (Å²) in [4.78, 5) is 16.3. The van der Waals surface area contributed by atoms with E-state index in [0.717, 1.165) is 36.9 Å². The number of benzene rings is 1. The first-order valence-corrected chi connectivity index (χ1v) is 7.45. The molecular weight excluding hydrogens is 264 g/mol. The molecule has 0 aromatic heterocycles. The predicted octanol–water partition coefficient (Wildman–Crippen LogP) is 4.03. The molecule has 1 amide bonds. The van der Waals surface area contributed by atoms with Crippen LogP contribution in [0.3, 0.4) is 0 Å². The lowest BCUT2D eigenvalue weighted by Crippen LogP contribution is -2.12. The molecule has 0 unspecified atom stereocenters. The van der Waals surface area contributed by atoms with Gasteiger partial charge in [0.15, 0.2) is 0 Å². The van der Waals surface area contributed by atoms with Crippen LogP contribution in [-0.2, 0) is 4.79 Å². The van der Waals surface area contributed by atoms with E-state index < -0.39 is 0 Å². The third-order valence-corrected chi connectivity index (χ3v) is 3.39. The highest BCUT2D eigenvalue weighted by molar-refractivity contribution is 5.93. The van der Waals surface area contributed by atoms with E-state index in [2.05, 4.69) is 23.3 Å². The summed E-state index contributed by atoms with van der Waals surface area (Å²) in [6, 6.07) is 5.77. The molecule has 112 valence electrons. The van der Waals surface area contributed by atoms with Crippen molar-refractivity contribution in [2.75, 3.05) is 12.4 Å². The van der Waals surface area contributed by atoms with Crippen LogP contribution in [0.1, 0.15) is 44.6 Å². The van der Waals surface area contributed by atoms with Crippen molar-refractivity contribution in [3.8, 4) is 5.75 Å². The van der Waals surface area contributed by atoms with E-state index >= 15 is 0 Å². The topological polar surface area (TPSA) is 50.7 Å². The summed E-state index contributed by atoms with van der Waals surface area (Å²) in [5, 5.41) is 2.93.